The Kier molecular flexibility index (Phi) is 3.69. The number of carbonyl (C=O) groups is 1. The van der Waals surface area contributed by atoms with Crippen molar-refractivity contribution < 1.29 is 9.53 Å². The number of rotatable bonds is 3. The number of hydrogen-bond acceptors (Lipinski definition) is 3. The summed E-state index contributed by atoms with van der Waals surface area (Å²) < 4.78 is 7.16. The summed E-state index contributed by atoms with van der Waals surface area (Å²) >= 11 is 0. The highest BCUT2D eigenvalue weighted by Crippen LogP contribution is 2.30. The van der Waals surface area contributed by atoms with E-state index in [-0.39, 0.29) is 5.97 Å². The van der Waals surface area contributed by atoms with E-state index in [0.29, 0.717) is 12.2 Å². The maximum atomic E-state index is 12.2. The Labute approximate surface area is 113 Å². The summed E-state index contributed by atoms with van der Waals surface area (Å²) in [7, 11) is 1.94. The lowest BCUT2D eigenvalue weighted by Crippen LogP contribution is -2.07. The first-order valence-electron chi connectivity index (χ1n) is 6.32. The van der Waals surface area contributed by atoms with E-state index in [1.807, 2.05) is 50.6 Å². The number of nitrogens with zero attached hydrogens (tertiary/aromatic N) is 2. The highest BCUT2D eigenvalue weighted by atomic mass is 16.5. The molecule has 0 amide bonds. The van der Waals surface area contributed by atoms with E-state index >= 15 is 0 Å². The molecule has 2 rings (SSSR count). The van der Waals surface area contributed by atoms with E-state index < -0.39 is 0 Å². The molecule has 2 aromatic rings. The van der Waals surface area contributed by atoms with Gasteiger partial charge in [-0.15, -0.1) is 0 Å². The second-order valence-electron chi connectivity index (χ2n) is 4.42. The van der Waals surface area contributed by atoms with Crippen molar-refractivity contribution in [1.82, 2.24) is 9.55 Å². The maximum absolute atomic E-state index is 12.2. The van der Waals surface area contributed by atoms with Crippen molar-refractivity contribution in [1.29, 1.82) is 0 Å². The molecule has 100 valence electrons. The largest absolute Gasteiger partial charge is 0.462 e. The van der Waals surface area contributed by atoms with Crippen LogP contribution in [-0.4, -0.2) is 22.1 Å². The van der Waals surface area contributed by atoms with E-state index in [0.717, 1.165) is 22.6 Å². The Hall–Kier alpha value is -2.10. The summed E-state index contributed by atoms with van der Waals surface area (Å²) in [5.74, 6) is -0.288. The molecule has 0 fully saturated rings. The summed E-state index contributed by atoms with van der Waals surface area (Å²) in [6.45, 7) is 6.09. The van der Waals surface area contributed by atoms with Crippen molar-refractivity contribution in [3.8, 4) is 11.3 Å². The predicted molar refractivity (Wildman–Crippen MR) is 74.1 cm³/mol. The minimum Gasteiger partial charge on any atom is -0.462 e. The fourth-order valence-electron chi connectivity index (χ4n) is 2.23. The molecule has 0 saturated carbocycles. The molecule has 4 nitrogen and oxygen atoms in total. The van der Waals surface area contributed by atoms with Crippen LogP contribution in [0, 0.1) is 13.8 Å². The van der Waals surface area contributed by atoms with Crippen LogP contribution in [0.3, 0.4) is 0 Å². The topological polar surface area (TPSA) is 44.1 Å². The number of carbonyl (C=O) groups excluding carboxylic acids is 1. The lowest BCUT2D eigenvalue weighted by atomic mass is 10.1. The minimum absolute atomic E-state index is 0.288. The molecular formula is C15H18N2O2. The number of ether oxygens (including phenoxy) is 1. The molecule has 0 spiro atoms. The van der Waals surface area contributed by atoms with Gasteiger partial charge in [0.2, 0.25) is 0 Å². The fraction of sp³-hybridized carbons (Fsp3) is 0.333. The van der Waals surface area contributed by atoms with Crippen LogP contribution >= 0.6 is 0 Å². The Morgan fingerprint density at radius 3 is 2.63 bits per heavy atom. The first-order chi connectivity index (χ1) is 9.07. The summed E-state index contributed by atoms with van der Waals surface area (Å²) in [5.41, 5.74) is 4.18. The number of esters is 1. The van der Waals surface area contributed by atoms with Gasteiger partial charge in [-0.2, -0.15) is 0 Å². The van der Waals surface area contributed by atoms with Crippen LogP contribution in [-0.2, 0) is 11.8 Å². The molecule has 2 heterocycles. The van der Waals surface area contributed by atoms with Gasteiger partial charge in [0.1, 0.15) is 0 Å². The van der Waals surface area contributed by atoms with Gasteiger partial charge in [0, 0.05) is 30.2 Å². The van der Waals surface area contributed by atoms with Gasteiger partial charge in [-0.1, -0.05) is 6.07 Å². The smallest absolute Gasteiger partial charge is 0.340 e. The standard InChI is InChI=1S/C15H18N2O2/c1-5-19-15(18)14-11(3)17(4)10(2)13(14)12-8-6-7-9-16-12/h6-9H,5H2,1-4H3. The Balaban J connectivity index is 2.66. The third kappa shape index (κ3) is 2.26. The second kappa shape index (κ2) is 5.26. The fourth-order valence-corrected chi connectivity index (χ4v) is 2.23. The maximum Gasteiger partial charge on any atom is 0.340 e. The monoisotopic (exact) mass is 258 g/mol. The van der Waals surface area contributed by atoms with Crippen molar-refractivity contribution in [3.05, 3.63) is 41.3 Å². The molecule has 0 aliphatic heterocycles. The van der Waals surface area contributed by atoms with Crippen LogP contribution in [0.2, 0.25) is 0 Å². The third-order valence-corrected chi connectivity index (χ3v) is 3.38. The summed E-state index contributed by atoms with van der Waals surface area (Å²) in [6.07, 6.45) is 1.73. The van der Waals surface area contributed by atoms with Gasteiger partial charge < -0.3 is 9.30 Å². The van der Waals surface area contributed by atoms with Gasteiger partial charge in [0.05, 0.1) is 17.9 Å². The zero-order valence-corrected chi connectivity index (χ0v) is 11.7. The van der Waals surface area contributed by atoms with Gasteiger partial charge in [-0.25, -0.2) is 4.79 Å². The highest BCUT2D eigenvalue weighted by molar-refractivity contribution is 5.99. The zero-order chi connectivity index (χ0) is 14.0. The number of hydrogen-bond donors (Lipinski definition) is 0. The molecule has 19 heavy (non-hydrogen) atoms. The number of pyridine rings is 1. The molecule has 2 aromatic heterocycles. The normalized spacial score (nSPS) is 10.5. The Bertz CT molecular complexity index is 600. The molecule has 0 saturated heterocycles. The zero-order valence-electron chi connectivity index (χ0n) is 11.7. The van der Waals surface area contributed by atoms with Crippen molar-refractivity contribution in [2.75, 3.05) is 6.61 Å². The molecule has 0 aliphatic carbocycles. The molecule has 0 aliphatic rings. The van der Waals surface area contributed by atoms with Crippen LogP contribution in [0.4, 0.5) is 0 Å². The SMILES string of the molecule is CCOC(=O)c1c(-c2ccccn2)c(C)n(C)c1C. The molecule has 0 bridgehead atoms. The van der Waals surface area contributed by atoms with E-state index in [1.165, 1.54) is 0 Å². The van der Waals surface area contributed by atoms with E-state index in [4.69, 9.17) is 4.74 Å². The Morgan fingerprint density at radius 1 is 1.32 bits per heavy atom. The van der Waals surface area contributed by atoms with Crippen molar-refractivity contribution in [3.63, 3.8) is 0 Å². The van der Waals surface area contributed by atoms with E-state index in [1.54, 1.807) is 6.20 Å². The highest BCUT2D eigenvalue weighted by Gasteiger charge is 2.24. The van der Waals surface area contributed by atoms with Crippen LogP contribution in [0.15, 0.2) is 24.4 Å². The van der Waals surface area contributed by atoms with Gasteiger partial charge in [0.25, 0.3) is 0 Å². The van der Waals surface area contributed by atoms with E-state index in [2.05, 4.69) is 4.98 Å². The van der Waals surface area contributed by atoms with Crippen LogP contribution in [0.5, 0.6) is 0 Å². The van der Waals surface area contributed by atoms with Crippen LogP contribution in [0.1, 0.15) is 28.7 Å². The average Bonchev–Trinajstić information content (AvgIpc) is 2.64. The number of aromatic nitrogens is 2. The first kappa shape index (κ1) is 13.3. The molecule has 0 atom stereocenters. The molecular weight excluding hydrogens is 240 g/mol. The van der Waals surface area contributed by atoms with Crippen molar-refractivity contribution in [2.24, 2.45) is 7.05 Å². The summed E-state index contributed by atoms with van der Waals surface area (Å²) in [5, 5.41) is 0. The predicted octanol–water partition coefficient (Wildman–Crippen LogP) is 2.88. The molecule has 0 aromatic carbocycles. The quantitative estimate of drug-likeness (QED) is 0.795. The van der Waals surface area contributed by atoms with Crippen LogP contribution < -0.4 is 0 Å². The summed E-state index contributed by atoms with van der Waals surface area (Å²) in [4.78, 5) is 16.5. The van der Waals surface area contributed by atoms with Gasteiger partial charge >= 0.3 is 5.97 Å². The summed E-state index contributed by atoms with van der Waals surface area (Å²) in [6, 6.07) is 5.68. The van der Waals surface area contributed by atoms with Crippen LogP contribution in [0.25, 0.3) is 11.3 Å². The average molecular weight is 258 g/mol. The lowest BCUT2D eigenvalue weighted by Gasteiger charge is -2.05. The van der Waals surface area contributed by atoms with Crippen molar-refractivity contribution in [2.45, 2.75) is 20.8 Å². The minimum atomic E-state index is -0.288. The van der Waals surface area contributed by atoms with Crippen molar-refractivity contribution >= 4 is 5.97 Å². The molecule has 0 radical (unpaired) electrons. The molecule has 4 heteroatoms. The molecule has 0 unspecified atom stereocenters. The Morgan fingerprint density at radius 2 is 2.05 bits per heavy atom. The molecule has 0 N–H and O–H groups in total. The van der Waals surface area contributed by atoms with Gasteiger partial charge in [-0.05, 0) is 32.9 Å². The lowest BCUT2D eigenvalue weighted by molar-refractivity contribution is 0.0526. The second-order valence-corrected chi connectivity index (χ2v) is 4.42. The van der Waals surface area contributed by atoms with Gasteiger partial charge in [-0.3, -0.25) is 4.98 Å². The first-order valence-corrected chi connectivity index (χ1v) is 6.32. The van der Waals surface area contributed by atoms with E-state index in [9.17, 15) is 4.79 Å². The third-order valence-electron chi connectivity index (χ3n) is 3.38. The van der Waals surface area contributed by atoms with Gasteiger partial charge in [0.15, 0.2) is 0 Å².